The van der Waals surface area contributed by atoms with E-state index in [4.69, 9.17) is 23.6 Å². The van der Waals surface area contributed by atoms with Crippen molar-refractivity contribution in [3.8, 4) is 0 Å². The van der Waals surface area contributed by atoms with E-state index in [9.17, 15) is 20.4 Å². The Morgan fingerprint density at radius 1 is 0.469 bits per heavy atom. The van der Waals surface area contributed by atoms with Gasteiger partial charge in [-0.05, 0) is 32.2 Å². The van der Waals surface area contributed by atoms with Crippen molar-refractivity contribution in [1.29, 1.82) is 0 Å². The minimum absolute atomic E-state index is 0.600. The van der Waals surface area contributed by atoms with E-state index >= 15 is 0 Å². The zero-order chi connectivity index (χ0) is 22.7. The Kier molecular flexibility index (Phi) is 5.65. The number of hydrogen-bond donors (Lipinski definition) is 4. The molecule has 4 aromatic carbocycles. The molecule has 1 heterocycles. The molecule has 4 unspecified atom stereocenters. The lowest BCUT2D eigenvalue weighted by Crippen LogP contribution is -2.49. The van der Waals surface area contributed by atoms with Crippen LogP contribution in [0.3, 0.4) is 0 Å². The third-order valence-electron chi connectivity index (χ3n) is 6.39. The van der Waals surface area contributed by atoms with E-state index in [1.54, 1.807) is 12.1 Å². The average molecular weight is 501 g/mol. The molecule has 0 amide bonds. The summed E-state index contributed by atoms with van der Waals surface area (Å²) < 4.78 is 0. The first-order chi connectivity index (χ1) is 15.3. The fourth-order valence-electron chi connectivity index (χ4n) is 4.70. The van der Waals surface area contributed by atoms with Gasteiger partial charge >= 0.3 is 0 Å². The molecule has 32 heavy (non-hydrogen) atoms. The zero-order valence-corrected chi connectivity index (χ0v) is 20.3. The van der Waals surface area contributed by atoms with Crippen LogP contribution in [0.25, 0.3) is 21.5 Å². The summed E-state index contributed by atoms with van der Waals surface area (Å²) in [5, 5.41) is 50.4. The van der Waals surface area contributed by atoms with Crippen molar-refractivity contribution in [2.24, 2.45) is 0 Å². The first-order valence-electron chi connectivity index (χ1n) is 10.2. The van der Waals surface area contributed by atoms with E-state index in [1.807, 2.05) is 72.8 Å². The molecular formula is C24H22O4P2S2. The Balaban J connectivity index is 1.72. The van der Waals surface area contributed by atoms with Crippen molar-refractivity contribution >= 4 is 67.8 Å². The Morgan fingerprint density at radius 3 is 1.16 bits per heavy atom. The van der Waals surface area contributed by atoms with Crippen LogP contribution in [-0.4, -0.2) is 43.8 Å². The highest BCUT2D eigenvalue weighted by Gasteiger charge is 2.58. The molecule has 1 aliphatic rings. The van der Waals surface area contributed by atoms with Gasteiger partial charge in [0.1, 0.15) is 23.4 Å². The normalized spacial score (nSPS) is 32.9. The lowest BCUT2D eigenvalue weighted by molar-refractivity contribution is 0.0800. The van der Waals surface area contributed by atoms with Gasteiger partial charge in [0, 0.05) is 12.1 Å². The van der Waals surface area contributed by atoms with Crippen molar-refractivity contribution in [1.82, 2.24) is 0 Å². The fourth-order valence-corrected chi connectivity index (χ4v) is 15.8. The predicted octanol–water partition coefficient (Wildman–Crippen LogP) is 3.19. The molecule has 4 N–H and O–H groups in total. The van der Waals surface area contributed by atoms with Crippen molar-refractivity contribution in [3.63, 3.8) is 0 Å². The molecule has 0 spiro atoms. The molecule has 1 saturated heterocycles. The smallest absolute Gasteiger partial charge is 0.119 e. The lowest BCUT2D eigenvalue weighted by atomic mass is 10.1. The molecule has 0 bridgehead atoms. The lowest BCUT2D eigenvalue weighted by Gasteiger charge is -2.49. The molecule has 164 valence electrons. The van der Waals surface area contributed by atoms with E-state index in [0.29, 0.717) is 10.6 Å². The Labute approximate surface area is 196 Å². The minimum Gasteiger partial charge on any atom is -0.384 e. The number of fused-ring (bicyclic) bond motifs is 2. The van der Waals surface area contributed by atoms with Crippen molar-refractivity contribution in [3.05, 3.63) is 84.9 Å². The summed E-state index contributed by atoms with van der Waals surface area (Å²) in [5.74, 6) is -5.75. The minimum atomic E-state index is -3.26. The highest BCUT2D eigenvalue weighted by Crippen LogP contribution is 2.72. The summed E-state index contributed by atoms with van der Waals surface area (Å²) in [5.41, 5.74) is 0. The number of aliphatic hydroxyl groups excluding tert-OH is 4. The SMILES string of the molecule is OC1C(O)P(=S)(c2cccc3ccccc23)C(O)C(O)P1(=S)c1cccc2ccccc12. The van der Waals surface area contributed by atoms with Gasteiger partial charge in [-0.2, -0.15) is 0 Å². The van der Waals surface area contributed by atoms with E-state index < -0.39 is 35.5 Å². The molecule has 4 atom stereocenters. The second-order valence-corrected chi connectivity index (χ2v) is 17.6. The van der Waals surface area contributed by atoms with Gasteiger partial charge in [-0.3, -0.25) is 0 Å². The quantitative estimate of drug-likeness (QED) is 0.317. The second kappa shape index (κ2) is 8.09. The maximum absolute atomic E-state index is 11.5. The average Bonchev–Trinajstić information content (AvgIpc) is 2.84. The molecule has 0 radical (unpaired) electrons. The molecule has 5 rings (SSSR count). The number of hydrogen-bond acceptors (Lipinski definition) is 6. The summed E-state index contributed by atoms with van der Waals surface area (Å²) in [4.78, 5) is 0. The van der Waals surface area contributed by atoms with E-state index in [2.05, 4.69) is 0 Å². The van der Waals surface area contributed by atoms with Crippen molar-refractivity contribution in [2.75, 3.05) is 0 Å². The van der Waals surface area contributed by atoms with Crippen LogP contribution in [0.1, 0.15) is 0 Å². The Bertz CT molecular complexity index is 1300. The molecule has 4 nitrogen and oxygen atoms in total. The van der Waals surface area contributed by atoms with Crippen LogP contribution in [0.2, 0.25) is 0 Å². The monoisotopic (exact) mass is 500 g/mol. The van der Waals surface area contributed by atoms with Crippen LogP contribution in [0.4, 0.5) is 0 Å². The van der Waals surface area contributed by atoms with Gasteiger partial charge in [0.15, 0.2) is 0 Å². The second-order valence-electron chi connectivity index (χ2n) is 8.07. The van der Waals surface area contributed by atoms with Crippen molar-refractivity contribution < 1.29 is 20.4 Å². The topological polar surface area (TPSA) is 80.9 Å². The number of benzene rings is 4. The van der Waals surface area contributed by atoms with Gasteiger partial charge in [-0.1, -0.05) is 109 Å². The van der Waals surface area contributed by atoms with Gasteiger partial charge in [0.2, 0.25) is 0 Å². The zero-order valence-electron chi connectivity index (χ0n) is 16.9. The van der Waals surface area contributed by atoms with Crippen LogP contribution in [0.5, 0.6) is 0 Å². The highest BCUT2D eigenvalue weighted by atomic mass is 32.4. The van der Waals surface area contributed by atoms with Crippen LogP contribution in [0, 0.1) is 0 Å². The fraction of sp³-hybridized carbons (Fsp3) is 0.167. The predicted molar refractivity (Wildman–Crippen MR) is 140 cm³/mol. The summed E-state index contributed by atoms with van der Waals surface area (Å²) in [6.45, 7) is 0. The summed E-state index contributed by atoms with van der Waals surface area (Å²) in [7, 11) is 0. The molecule has 4 aromatic rings. The molecule has 0 saturated carbocycles. The number of aliphatic hydroxyl groups is 4. The van der Waals surface area contributed by atoms with Gasteiger partial charge in [-0.15, -0.1) is 0 Å². The first kappa shape index (κ1) is 22.3. The highest BCUT2D eigenvalue weighted by molar-refractivity contribution is 8.23. The van der Waals surface area contributed by atoms with E-state index in [0.717, 1.165) is 21.5 Å². The molecular weight excluding hydrogens is 478 g/mol. The Morgan fingerprint density at radius 2 is 0.781 bits per heavy atom. The van der Waals surface area contributed by atoms with E-state index in [-0.39, 0.29) is 0 Å². The van der Waals surface area contributed by atoms with Crippen LogP contribution >= 0.6 is 12.1 Å². The van der Waals surface area contributed by atoms with Gasteiger partial charge < -0.3 is 20.4 Å². The van der Waals surface area contributed by atoms with Crippen LogP contribution in [-0.2, 0) is 23.6 Å². The van der Waals surface area contributed by atoms with Gasteiger partial charge in [-0.25, -0.2) is 0 Å². The van der Waals surface area contributed by atoms with Gasteiger partial charge in [0.05, 0.1) is 0 Å². The molecule has 0 aromatic heterocycles. The third kappa shape index (κ3) is 3.03. The Hall–Kier alpha value is -1.46. The maximum atomic E-state index is 11.5. The molecule has 0 aliphatic carbocycles. The molecule has 1 aliphatic heterocycles. The van der Waals surface area contributed by atoms with Crippen molar-refractivity contribution in [2.45, 2.75) is 23.4 Å². The van der Waals surface area contributed by atoms with E-state index in [1.165, 1.54) is 0 Å². The first-order valence-corrected chi connectivity index (χ1v) is 16.1. The summed E-state index contributed by atoms with van der Waals surface area (Å²) in [6.07, 6.45) is 0. The van der Waals surface area contributed by atoms with Crippen LogP contribution < -0.4 is 10.6 Å². The summed E-state index contributed by atoms with van der Waals surface area (Å²) in [6, 6.07) is 19.7. The number of rotatable bonds is 2. The standard InChI is InChI=1S/C24H22O4P2S2/c25-21-23(27)30(32,20-14-6-10-16-8-2-4-12-18(16)20)24(28)22(26)29(21,31)19-13-5-9-15-7-1-3-11-17(15)19/h1-14,21-28H. The summed E-state index contributed by atoms with van der Waals surface area (Å²) >= 11 is 11.9. The molecule has 8 heteroatoms. The van der Waals surface area contributed by atoms with Gasteiger partial charge in [0.25, 0.3) is 0 Å². The third-order valence-corrected chi connectivity index (χ3v) is 17.2. The maximum Gasteiger partial charge on any atom is 0.119 e. The van der Waals surface area contributed by atoms with Crippen LogP contribution in [0.15, 0.2) is 84.9 Å². The largest absolute Gasteiger partial charge is 0.384 e. The molecule has 1 fully saturated rings.